The van der Waals surface area contributed by atoms with E-state index < -0.39 is 18.2 Å². The smallest absolute Gasteiger partial charge is 0.404 e. The van der Waals surface area contributed by atoms with Gasteiger partial charge in [0.1, 0.15) is 29.3 Å². The van der Waals surface area contributed by atoms with Gasteiger partial charge in [-0.05, 0) is 30.5 Å². The largest absolute Gasteiger partial charge is 0.573 e. The third-order valence-electron chi connectivity index (χ3n) is 5.53. The van der Waals surface area contributed by atoms with E-state index >= 15 is 0 Å². The van der Waals surface area contributed by atoms with Crippen molar-refractivity contribution in [1.82, 2.24) is 9.97 Å². The molecule has 168 valence electrons. The molecule has 32 heavy (non-hydrogen) atoms. The molecule has 1 aromatic heterocycles. The summed E-state index contributed by atoms with van der Waals surface area (Å²) in [5.41, 5.74) is 0.202. The van der Waals surface area contributed by atoms with Gasteiger partial charge in [-0.2, -0.15) is 15.5 Å². The Morgan fingerprint density at radius 3 is 2.56 bits per heavy atom. The van der Waals surface area contributed by atoms with Crippen LogP contribution >= 0.6 is 0 Å². The molecule has 0 spiro atoms. The minimum absolute atomic E-state index is 0.0574. The van der Waals surface area contributed by atoms with Crippen molar-refractivity contribution in [3.8, 4) is 17.9 Å². The van der Waals surface area contributed by atoms with E-state index in [1.54, 1.807) is 12.1 Å². The molecule has 1 aliphatic carbocycles. The quantitative estimate of drug-likeness (QED) is 0.591. The van der Waals surface area contributed by atoms with Crippen LogP contribution in [0, 0.1) is 28.1 Å². The lowest BCUT2D eigenvalue weighted by atomic mass is 9.64. The van der Waals surface area contributed by atoms with Gasteiger partial charge in [0.15, 0.2) is 0 Å². The molecule has 11 heteroatoms. The number of nitrogens with one attached hydrogen (secondary N) is 2. The van der Waals surface area contributed by atoms with Crippen LogP contribution in [0.5, 0.6) is 5.75 Å². The molecule has 0 bridgehead atoms. The van der Waals surface area contributed by atoms with Crippen molar-refractivity contribution >= 4 is 11.8 Å². The lowest BCUT2D eigenvalue weighted by Crippen LogP contribution is -2.57. The average Bonchev–Trinajstić information content (AvgIpc) is 2.73. The summed E-state index contributed by atoms with van der Waals surface area (Å²) in [6, 6.07) is 7.62. The van der Waals surface area contributed by atoms with Gasteiger partial charge in [0, 0.05) is 18.0 Å². The molecule has 3 N–H and O–H groups in total. The first kappa shape index (κ1) is 23.1. The third-order valence-corrected chi connectivity index (χ3v) is 5.53. The first-order chi connectivity index (χ1) is 15.0. The molecule has 0 unspecified atom stereocenters. The second-order valence-electron chi connectivity index (χ2n) is 8.00. The highest BCUT2D eigenvalue weighted by Gasteiger charge is 2.47. The molecule has 1 aromatic carbocycles. The fraction of sp³-hybridized carbons (Fsp3) is 0.429. The molecule has 1 saturated carbocycles. The van der Waals surface area contributed by atoms with Crippen molar-refractivity contribution in [1.29, 1.82) is 10.5 Å². The zero-order chi connectivity index (χ0) is 23.5. The van der Waals surface area contributed by atoms with Crippen molar-refractivity contribution < 1.29 is 23.0 Å². The van der Waals surface area contributed by atoms with Crippen molar-refractivity contribution in [2.45, 2.75) is 45.2 Å². The summed E-state index contributed by atoms with van der Waals surface area (Å²) < 4.78 is 41.6. The van der Waals surface area contributed by atoms with Gasteiger partial charge in [-0.1, -0.05) is 19.9 Å². The van der Waals surface area contributed by atoms with Gasteiger partial charge in [-0.15, -0.1) is 13.2 Å². The topological polar surface area (TPSA) is 127 Å². The van der Waals surface area contributed by atoms with Crippen LogP contribution in [-0.2, 0) is 6.42 Å². The van der Waals surface area contributed by atoms with E-state index in [1.807, 2.05) is 19.9 Å². The van der Waals surface area contributed by atoms with E-state index in [0.717, 1.165) is 0 Å². The number of aliphatic hydroxyl groups excluding tert-OH is 1. The second-order valence-corrected chi connectivity index (χ2v) is 8.00. The van der Waals surface area contributed by atoms with Crippen LogP contribution in [0.2, 0.25) is 0 Å². The minimum Gasteiger partial charge on any atom is -0.404 e. The van der Waals surface area contributed by atoms with Gasteiger partial charge in [0.2, 0.25) is 5.95 Å². The lowest BCUT2D eigenvalue weighted by molar-refractivity contribution is -0.274. The number of rotatable bonds is 7. The lowest BCUT2D eigenvalue weighted by Gasteiger charge is -2.49. The highest BCUT2D eigenvalue weighted by Crippen LogP contribution is 2.42. The summed E-state index contributed by atoms with van der Waals surface area (Å²) in [6.07, 6.45) is -3.12. The number of aromatic nitrogens is 2. The third kappa shape index (κ3) is 5.18. The van der Waals surface area contributed by atoms with Crippen molar-refractivity contribution in [2.24, 2.45) is 5.41 Å². The maximum absolute atomic E-state index is 12.5. The number of nitrogens with zero attached hydrogens (tertiary/aromatic N) is 4. The van der Waals surface area contributed by atoms with Crippen LogP contribution in [0.1, 0.15) is 37.0 Å². The van der Waals surface area contributed by atoms with Gasteiger partial charge >= 0.3 is 6.36 Å². The number of hydrogen-bond acceptors (Lipinski definition) is 8. The Morgan fingerprint density at radius 2 is 1.97 bits per heavy atom. The van der Waals surface area contributed by atoms with Gasteiger partial charge in [0.25, 0.3) is 0 Å². The molecule has 1 aliphatic rings. The Labute approximate surface area is 182 Å². The predicted octanol–water partition coefficient (Wildman–Crippen LogP) is 3.34. The maximum Gasteiger partial charge on any atom is 0.573 e. The molecule has 0 aliphatic heterocycles. The highest BCUT2D eigenvalue weighted by atomic mass is 19.4. The standard InChI is InChI=1S/C21H21F3N6O2/c1-20(2)16(8-17(20)31)29-18-14(10-26)11-28-19(30-18)27-6-5-12-3-4-13(9-25)15(7-12)32-21(22,23)24/h3-4,7,11,16-17,31H,5-6,8H2,1-2H3,(H2,27,28,29,30)/t16-,17+/m1/s1. The Bertz CT molecular complexity index is 1070. The van der Waals surface area contributed by atoms with Crippen LogP contribution in [0.4, 0.5) is 24.9 Å². The van der Waals surface area contributed by atoms with E-state index in [-0.39, 0.29) is 35.1 Å². The normalized spacial score (nSPS) is 19.2. The monoisotopic (exact) mass is 446 g/mol. The maximum atomic E-state index is 12.5. The molecule has 1 fully saturated rings. The summed E-state index contributed by atoms with van der Waals surface area (Å²) in [7, 11) is 0. The molecule has 0 radical (unpaired) electrons. The number of nitriles is 2. The first-order valence-electron chi connectivity index (χ1n) is 9.78. The SMILES string of the molecule is CC1(C)[C@@H](O)C[C@H]1Nc1nc(NCCc2ccc(C#N)c(OC(F)(F)F)c2)ncc1C#N. The van der Waals surface area contributed by atoms with E-state index in [0.29, 0.717) is 24.2 Å². The van der Waals surface area contributed by atoms with Crippen molar-refractivity contribution in [3.05, 3.63) is 41.1 Å². The molecule has 1 heterocycles. The van der Waals surface area contributed by atoms with Crippen LogP contribution in [0.3, 0.4) is 0 Å². The van der Waals surface area contributed by atoms with Gasteiger partial charge in [-0.25, -0.2) is 4.98 Å². The summed E-state index contributed by atoms with van der Waals surface area (Å²) >= 11 is 0. The minimum atomic E-state index is -4.90. The van der Waals surface area contributed by atoms with Crippen molar-refractivity contribution in [3.63, 3.8) is 0 Å². The van der Waals surface area contributed by atoms with E-state index in [9.17, 15) is 23.5 Å². The van der Waals surface area contributed by atoms with Crippen molar-refractivity contribution in [2.75, 3.05) is 17.2 Å². The zero-order valence-corrected chi connectivity index (χ0v) is 17.4. The van der Waals surface area contributed by atoms with Crippen LogP contribution in [0.25, 0.3) is 0 Å². The average molecular weight is 446 g/mol. The molecule has 8 nitrogen and oxygen atoms in total. The van der Waals surface area contributed by atoms with Crippen LogP contribution < -0.4 is 15.4 Å². The van der Waals surface area contributed by atoms with Gasteiger partial charge in [-0.3, -0.25) is 0 Å². The number of aliphatic hydroxyl groups is 1. The Morgan fingerprint density at radius 1 is 1.25 bits per heavy atom. The number of halogens is 3. The van der Waals surface area contributed by atoms with E-state index in [2.05, 4.69) is 25.3 Å². The van der Waals surface area contributed by atoms with E-state index in [4.69, 9.17) is 5.26 Å². The van der Waals surface area contributed by atoms with Gasteiger partial charge < -0.3 is 20.5 Å². The first-order valence-corrected chi connectivity index (χ1v) is 9.78. The second kappa shape index (κ2) is 8.89. The van der Waals surface area contributed by atoms with E-state index in [1.165, 1.54) is 18.3 Å². The summed E-state index contributed by atoms with van der Waals surface area (Å²) in [5.74, 6) is 0.0303. The highest BCUT2D eigenvalue weighted by molar-refractivity contribution is 5.54. The number of anilines is 2. The molecular formula is C21H21F3N6O2. The molecule has 0 amide bonds. The number of benzene rings is 1. The summed E-state index contributed by atoms with van der Waals surface area (Å²) in [4.78, 5) is 8.41. The fourth-order valence-corrected chi connectivity index (χ4v) is 3.31. The van der Waals surface area contributed by atoms with Crippen LogP contribution in [-0.4, -0.2) is 40.1 Å². The van der Waals surface area contributed by atoms with Crippen LogP contribution in [0.15, 0.2) is 24.4 Å². The number of hydrogen-bond donors (Lipinski definition) is 3. The predicted molar refractivity (Wildman–Crippen MR) is 109 cm³/mol. The molecule has 2 aromatic rings. The number of ether oxygens (including phenoxy) is 1. The Kier molecular flexibility index (Phi) is 6.42. The zero-order valence-electron chi connectivity index (χ0n) is 17.4. The molecule has 0 saturated heterocycles. The Balaban J connectivity index is 1.66. The summed E-state index contributed by atoms with van der Waals surface area (Å²) in [6.45, 7) is 4.12. The molecular weight excluding hydrogens is 425 g/mol. The summed E-state index contributed by atoms with van der Waals surface area (Å²) in [5, 5.41) is 34.3. The molecule has 3 rings (SSSR count). The molecule has 2 atom stereocenters. The van der Waals surface area contributed by atoms with Gasteiger partial charge in [0.05, 0.1) is 17.9 Å². The number of alkyl halides is 3. The fourth-order valence-electron chi connectivity index (χ4n) is 3.31. The Hall–Kier alpha value is -3.57.